The third-order valence-corrected chi connectivity index (χ3v) is 4.23. The van der Waals surface area contributed by atoms with E-state index in [0.717, 1.165) is 29.8 Å². The van der Waals surface area contributed by atoms with E-state index in [9.17, 15) is 0 Å². The van der Waals surface area contributed by atoms with Gasteiger partial charge in [-0.1, -0.05) is 76.8 Å². The zero-order chi connectivity index (χ0) is 17.9. The van der Waals surface area contributed by atoms with Crippen molar-refractivity contribution in [3.8, 4) is 23.0 Å². The minimum atomic E-state index is 0.414. The molecule has 2 aromatic rings. The highest BCUT2D eigenvalue weighted by Gasteiger charge is 2.12. The van der Waals surface area contributed by atoms with Gasteiger partial charge in [0.15, 0.2) is 5.75 Å². The molecule has 0 N–H and O–H groups in total. The largest absolute Gasteiger partial charge is 0.490 e. The Morgan fingerprint density at radius 1 is 1.00 bits per heavy atom. The van der Waals surface area contributed by atoms with Gasteiger partial charge in [-0.3, -0.25) is 0 Å². The highest BCUT2D eigenvalue weighted by molar-refractivity contribution is 5.65. The van der Waals surface area contributed by atoms with Crippen molar-refractivity contribution in [2.24, 2.45) is 5.92 Å². The smallest absolute Gasteiger partial charge is 0.317 e. The van der Waals surface area contributed by atoms with Gasteiger partial charge < -0.3 is 9.47 Å². The predicted molar refractivity (Wildman–Crippen MR) is 102 cm³/mol. The second-order valence-electron chi connectivity index (χ2n) is 6.47. The van der Waals surface area contributed by atoms with Gasteiger partial charge in [-0.2, -0.15) is 9.97 Å². The lowest BCUT2D eigenvalue weighted by atomic mass is 10.1. The van der Waals surface area contributed by atoms with E-state index in [4.69, 9.17) is 9.47 Å². The van der Waals surface area contributed by atoms with Crippen molar-refractivity contribution in [3.05, 3.63) is 36.5 Å². The first-order chi connectivity index (χ1) is 12.2. The van der Waals surface area contributed by atoms with Crippen molar-refractivity contribution in [2.45, 2.75) is 52.9 Å². The highest BCUT2D eigenvalue weighted by atomic mass is 16.5. The fraction of sp³-hybridized carbons (Fsp3) is 0.524. The lowest BCUT2D eigenvalue weighted by Gasteiger charge is -2.13. The van der Waals surface area contributed by atoms with Crippen LogP contribution in [0, 0.1) is 5.92 Å². The van der Waals surface area contributed by atoms with Crippen LogP contribution < -0.4 is 9.47 Å². The zero-order valence-electron chi connectivity index (χ0n) is 15.7. The number of ether oxygens (including phenoxy) is 2. The summed E-state index contributed by atoms with van der Waals surface area (Å²) in [7, 11) is 0. The fourth-order valence-electron chi connectivity index (χ4n) is 2.38. The molecule has 0 saturated heterocycles. The fourth-order valence-corrected chi connectivity index (χ4v) is 2.38. The molecule has 0 aliphatic rings. The molecule has 0 bridgehead atoms. The third-order valence-electron chi connectivity index (χ3n) is 4.23. The second kappa shape index (κ2) is 10.7. The average molecular weight is 342 g/mol. The van der Waals surface area contributed by atoms with E-state index in [1.165, 1.54) is 19.3 Å². The first kappa shape index (κ1) is 19.2. The predicted octanol–water partition coefficient (Wildman–Crippen LogP) is 5.53. The molecule has 0 fully saturated rings. The first-order valence-corrected chi connectivity index (χ1v) is 9.42. The Balaban J connectivity index is 2.11. The summed E-state index contributed by atoms with van der Waals surface area (Å²) in [5, 5.41) is 0. The van der Waals surface area contributed by atoms with Crippen LogP contribution in [0.1, 0.15) is 52.9 Å². The molecule has 25 heavy (non-hydrogen) atoms. The van der Waals surface area contributed by atoms with Crippen molar-refractivity contribution in [1.29, 1.82) is 0 Å². The van der Waals surface area contributed by atoms with Crippen LogP contribution in [-0.2, 0) is 0 Å². The van der Waals surface area contributed by atoms with Gasteiger partial charge >= 0.3 is 6.01 Å². The van der Waals surface area contributed by atoms with Gasteiger partial charge in [-0.05, 0) is 12.3 Å². The van der Waals surface area contributed by atoms with Gasteiger partial charge in [0.2, 0.25) is 0 Å². The van der Waals surface area contributed by atoms with Crippen molar-refractivity contribution >= 4 is 0 Å². The maximum Gasteiger partial charge on any atom is 0.317 e. The molecule has 1 aromatic carbocycles. The molecule has 4 nitrogen and oxygen atoms in total. The van der Waals surface area contributed by atoms with Crippen LogP contribution in [0.5, 0.6) is 11.8 Å². The summed E-state index contributed by atoms with van der Waals surface area (Å²) < 4.78 is 11.7. The maximum absolute atomic E-state index is 5.96. The summed E-state index contributed by atoms with van der Waals surface area (Å²) in [6, 6.07) is 10.5. The van der Waals surface area contributed by atoms with Crippen LogP contribution >= 0.6 is 0 Å². The number of hydrogen-bond acceptors (Lipinski definition) is 4. The van der Waals surface area contributed by atoms with Crippen molar-refractivity contribution < 1.29 is 9.47 Å². The lowest BCUT2D eigenvalue weighted by molar-refractivity contribution is 0.236. The molecule has 1 aromatic heterocycles. The van der Waals surface area contributed by atoms with Crippen LogP contribution in [0.2, 0.25) is 0 Å². The Hall–Kier alpha value is -2.10. The molecule has 0 aliphatic carbocycles. The Morgan fingerprint density at radius 2 is 1.80 bits per heavy atom. The minimum absolute atomic E-state index is 0.414. The van der Waals surface area contributed by atoms with Crippen LogP contribution in [0.4, 0.5) is 0 Å². The summed E-state index contributed by atoms with van der Waals surface area (Å²) in [5.74, 6) is 1.21. The molecule has 0 aliphatic heterocycles. The lowest BCUT2D eigenvalue weighted by Crippen LogP contribution is -2.10. The van der Waals surface area contributed by atoms with Crippen LogP contribution in [-0.4, -0.2) is 23.2 Å². The second-order valence-corrected chi connectivity index (χ2v) is 6.47. The normalized spacial score (nSPS) is 12.0. The highest BCUT2D eigenvalue weighted by Crippen LogP contribution is 2.29. The van der Waals surface area contributed by atoms with Crippen molar-refractivity contribution in [1.82, 2.24) is 9.97 Å². The van der Waals surface area contributed by atoms with Gasteiger partial charge in [0.05, 0.1) is 19.4 Å². The molecule has 1 atom stereocenters. The summed E-state index contributed by atoms with van der Waals surface area (Å²) in [6.07, 6.45) is 7.52. The molecule has 0 spiro atoms. The van der Waals surface area contributed by atoms with E-state index in [1.807, 2.05) is 30.3 Å². The Labute approximate surface area is 151 Å². The number of benzene rings is 1. The number of hydrogen-bond donors (Lipinski definition) is 0. The molecule has 136 valence electrons. The molecule has 1 unspecified atom stereocenters. The summed E-state index contributed by atoms with van der Waals surface area (Å²) in [5.41, 5.74) is 1.81. The van der Waals surface area contributed by atoms with E-state index < -0.39 is 0 Å². The van der Waals surface area contributed by atoms with Gasteiger partial charge in [-0.15, -0.1) is 0 Å². The quantitative estimate of drug-likeness (QED) is 0.504. The van der Waals surface area contributed by atoms with E-state index in [2.05, 4.69) is 30.7 Å². The molecule has 1 heterocycles. The van der Waals surface area contributed by atoms with Gasteiger partial charge in [-0.25, -0.2) is 0 Å². The topological polar surface area (TPSA) is 44.2 Å². The standard InChI is InChI=1S/C21H30N2O2/c1-4-6-7-11-14-24-19-15-22-21(25-16-17(3)5-2)23-20(19)18-12-9-8-10-13-18/h8-10,12-13,15,17H,4-7,11,14,16H2,1-3H3. The Bertz CT molecular complexity index is 617. The Kier molecular flexibility index (Phi) is 8.23. The Morgan fingerprint density at radius 3 is 2.52 bits per heavy atom. The number of nitrogens with zero attached hydrogens (tertiary/aromatic N) is 2. The molecular formula is C21H30N2O2. The molecule has 0 saturated carbocycles. The number of aromatic nitrogens is 2. The molecule has 0 radical (unpaired) electrons. The summed E-state index contributed by atoms with van der Waals surface area (Å²) >= 11 is 0. The number of unbranched alkanes of at least 4 members (excludes halogenated alkanes) is 3. The average Bonchev–Trinajstić information content (AvgIpc) is 2.67. The monoisotopic (exact) mass is 342 g/mol. The van der Waals surface area contributed by atoms with E-state index >= 15 is 0 Å². The van der Waals surface area contributed by atoms with Crippen molar-refractivity contribution in [2.75, 3.05) is 13.2 Å². The van der Waals surface area contributed by atoms with Gasteiger partial charge in [0.1, 0.15) is 5.69 Å². The molecule has 4 heteroatoms. The SMILES string of the molecule is CCCCCCOc1cnc(OCC(C)CC)nc1-c1ccccc1. The van der Waals surface area contributed by atoms with Crippen LogP contribution in [0.3, 0.4) is 0 Å². The summed E-state index contributed by atoms with van der Waals surface area (Å²) in [4.78, 5) is 8.93. The zero-order valence-corrected chi connectivity index (χ0v) is 15.7. The maximum atomic E-state index is 5.96. The molecular weight excluding hydrogens is 312 g/mol. The van der Waals surface area contributed by atoms with E-state index in [-0.39, 0.29) is 0 Å². The van der Waals surface area contributed by atoms with Crippen LogP contribution in [0.25, 0.3) is 11.3 Å². The van der Waals surface area contributed by atoms with Crippen molar-refractivity contribution in [3.63, 3.8) is 0 Å². The van der Waals surface area contributed by atoms with E-state index in [0.29, 0.717) is 25.1 Å². The summed E-state index contributed by atoms with van der Waals surface area (Å²) in [6.45, 7) is 7.84. The third kappa shape index (κ3) is 6.37. The minimum Gasteiger partial charge on any atom is -0.490 e. The van der Waals surface area contributed by atoms with Crippen LogP contribution in [0.15, 0.2) is 36.5 Å². The molecule has 2 rings (SSSR count). The van der Waals surface area contributed by atoms with Gasteiger partial charge in [0.25, 0.3) is 0 Å². The van der Waals surface area contributed by atoms with E-state index in [1.54, 1.807) is 6.20 Å². The van der Waals surface area contributed by atoms with Gasteiger partial charge in [0, 0.05) is 5.56 Å². The molecule has 0 amide bonds. The number of rotatable bonds is 11. The first-order valence-electron chi connectivity index (χ1n) is 9.42.